The van der Waals surface area contributed by atoms with Crippen molar-refractivity contribution in [3.63, 3.8) is 0 Å². The van der Waals surface area contributed by atoms with Crippen LogP contribution < -0.4 is 5.32 Å². The third-order valence-electron chi connectivity index (χ3n) is 3.48. The summed E-state index contributed by atoms with van der Waals surface area (Å²) in [5.41, 5.74) is 1.38. The van der Waals surface area contributed by atoms with Crippen LogP contribution in [-0.2, 0) is 11.2 Å². The number of pyridine rings is 1. The fraction of sp³-hybridized carbons (Fsp3) is 0.167. The molecule has 0 aliphatic rings. The van der Waals surface area contributed by atoms with Gasteiger partial charge in [-0.15, -0.1) is 0 Å². The first-order valence-electron chi connectivity index (χ1n) is 7.72. The molecule has 6 heteroatoms. The van der Waals surface area contributed by atoms with Crippen LogP contribution >= 0.6 is 0 Å². The summed E-state index contributed by atoms with van der Waals surface area (Å²) in [6.07, 6.45) is 5.23. The van der Waals surface area contributed by atoms with Crippen molar-refractivity contribution in [3.05, 3.63) is 72.4 Å². The zero-order valence-corrected chi connectivity index (χ0v) is 13.0. The third kappa shape index (κ3) is 4.25. The normalized spacial score (nSPS) is 10.5. The van der Waals surface area contributed by atoms with Gasteiger partial charge in [0, 0.05) is 30.2 Å². The second-order valence-corrected chi connectivity index (χ2v) is 5.35. The average molecular weight is 324 g/mol. The Morgan fingerprint density at radius 3 is 2.83 bits per heavy atom. The van der Waals surface area contributed by atoms with Gasteiger partial charge in [0.25, 0.3) is 0 Å². The van der Waals surface area contributed by atoms with Gasteiger partial charge >= 0.3 is 0 Å². The molecule has 0 atom stereocenters. The van der Waals surface area contributed by atoms with Gasteiger partial charge in [0.15, 0.2) is 5.82 Å². The number of nitrogens with zero attached hydrogens (tertiary/aromatic N) is 3. The van der Waals surface area contributed by atoms with Gasteiger partial charge in [0.1, 0.15) is 5.82 Å². The molecule has 3 rings (SSSR count). The lowest BCUT2D eigenvalue weighted by molar-refractivity contribution is -0.116. The van der Waals surface area contributed by atoms with E-state index in [4.69, 9.17) is 0 Å². The summed E-state index contributed by atoms with van der Waals surface area (Å²) in [4.78, 5) is 16.4. The number of rotatable bonds is 6. The summed E-state index contributed by atoms with van der Waals surface area (Å²) >= 11 is 0. The number of aryl methyl sites for hydroxylation is 1. The summed E-state index contributed by atoms with van der Waals surface area (Å²) in [6.45, 7) is 0. The van der Waals surface area contributed by atoms with Crippen molar-refractivity contribution in [2.24, 2.45) is 0 Å². The number of anilines is 1. The number of aromatic nitrogens is 3. The Bertz CT molecular complexity index is 817. The molecule has 3 aromatic rings. The summed E-state index contributed by atoms with van der Waals surface area (Å²) in [5.74, 6) is 0.248. The highest BCUT2D eigenvalue weighted by Gasteiger charge is 2.05. The van der Waals surface area contributed by atoms with E-state index in [1.54, 1.807) is 23.0 Å². The van der Waals surface area contributed by atoms with Crippen molar-refractivity contribution in [2.45, 2.75) is 19.3 Å². The lowest BCUT2D eigenvalue weighted by atomic mass is 10.1. The number of benzene rings is 1. The smallest absolute Gasteiger partial charge is 0.224 e. The van der Waals surface area contributed by atoms with E-state index >= 15 is 0 Å². The number of amides is 1. The third-order valence-corrected chi connectivity index (χ3v) is 3.48. The largest absolute Gasteiger partial charge is 0.326 e. The summed E-state index contributed by atoms with van der Waals surface area (Å²) in [6, 6.07) is 13.4. The van der Waals surface area contributed by atoms with Crippen molar-refractivity contribution in [1.82, 2.24) is 14.8 Å². The monoisotopic (exact) mass is 324 g/mol. The van der Waals surface area contributed by atoms with Crippen molar-refractivity contribution < 1.29 is 9.18 Å². The Labute approximate surface area is 139 Å². The minimum atomic E-state index is -0.368. The molecule has 0 saturated heterocycles. The topological polar surface area (TPSA) is 59.8 Å². The molecule has 0 unspecified atom stereocenters. The second kappa shape index (κ2) is 7.50. The molecule has 122 valence electrons. The molecule has 1 amide bonds. The maximum atomic E-state index is 13.1. The molecule has 2 heterocycles. The lowest BCUT2D eigenvalue weighted by Gasteiger charge is -2.06. The SMILES string of the molecule is O=C(CCCc1cccc(-n2cccn2)n1)Nc1cccc(F)c1. The predicted octanol–water partition coefficient (Wildman–Crippen LogP) is 3.37. The number of hydrogen-bond acceptors (Lipinski definition) is 3. The molecule has 1 aromatic carbocycles. The molecule has 2 aromatic heterocycles. The lowest BCUT2D eigenvalue weighted by Crippen LogP contribution is -2.11. The maximum Gasteiger partial charge on any atom is 0.224 e. The molecule has 0 spiro atoms. The highest BCUT2D eigenvalue weighted by atomic mass is 19.1. The number of hydrogen-bond donors (Lipinski definition) is 1. The van der Waals surface area contributed by atoms with Crippen LogP contribution in [0.25, 0.3) is 5.82 Å². The van der Waals surface area contributed by atoms with E-state index in [0.717, 1.165) is 11.5 Å². The van der Waals surface area contributed by atoms with Crippen molar-refractivity contribution >= 4 is 11.6 Å². The summed E-state index contributed by atoms with van der Waals surface area (Å²) in [7, 11) is 0. The van der Waals surface area contributed by atoms with E-state index in [1.807, 2.05) is 30.5 Å². The Morgan fingerprint density at radius 2 is 2.04 bits per heavy atom. The van der Waals surface area contributed by atoms with Crippen molar-refractivity contribution in [2.75, 3.05) is 5.32 Å². The van der Waals surface area contributed by atoms with Gasteiger partial charge in [-0.2, -0.15) is 5.10 Å². The van der Waals surface area contributed by atoms with E-state index < -0.39 is 0 Å². The van der Waals surface area contributed by atoms with Crippen LogP contribution in [0.2, 0.25) is 0 Å². The Kier molecular flexibility index (Phi) is 4.96. The van der Waals surface area contributed by atoms with Gasteiger partial charge in [0.2, 0.25) is 5.91 Å². The highest BCUT2D eigenvalue weighted by Crippen LogP contribution is 2.11. The van der Waals surface area contributed by atoms with Crippen LogP contribution in [0.4, 0.5) is 10.1 Å². The predicted molar refractivity (Wildman–Crippen MR) is 89.3 cm³/mol. The minimum absolute atomic E-state index is 0.135. The highest BCUT2D eigenvalue weighted by molar-refractivity contribution is 5.90. The molecular formula is C18H17FN4O. The molecule has 0 bridgehead atoms. The van der Waals surface area contributed by atoms with E-state index in [2.05, 4.69) is 15.4 Å². The Balaban J connectivity index is 1.51. The van der Waals surface area contributed by atoms with E-state index in [9.17, 15) is 9.18 Å². The molecule has 24 heavy (non-hydrogen) atoms. The number of halogens is 1. The number of carbonyl (C=O) groups excluding carboxylic acids is 1. The number of nitrogens with one attached hydrogen (secondary N) is 1. The standard InChI is InChI=1S/C18H17FN4O/c19-14-5-1-8-16(13-14)22-18(24)10-3-7-15-6-2-9-17(21-15)23-12-4-11-20-23/h1-2,4-6,8-9,11-13H,3,7,10H2,(H,22,24). The summed E-state index contributed by atoms with van der Waals surface area (Å²) < 4.78 is 14.8. The van der Waals surface area contributed by atoms with E-state index in [1.165, 1.54) is 12.1 Å². The van der Waals surface area contributed by atoms with Crippen LogP contribution in [0, 0.1) is 5.82 Å². The minimum Gasteiger partial charge on any atom is -0.326 e. The summed E-state index contributed by atoms with van der Waals surface area (Å²) in [5, 5.41) is 6.84. The van der Waals surface area contributed by atoms with Gasteiger partial charge in [-0.05, 0) is 49.2 Å². The quantitative estimate of drug-likeness (QED) is 0.756. The molecule has 0 fully saturated rings. The Morgan fingerprint density at radius 1 is 1.17 bits per heavy atom. The van der Waals surface area contributed by atoms with E-state index in [-0.39, 0.29) is 11.7 Å². The van der Waals surface area contributed by atoms with Crippen LogP contribution in [0.15, 0.2) is 60.9 Å². The molecule has 1 N–H and O–H groups in total. The van der Waals surface area contributed by atoms with Gasteiger partial charge < -0.3 is 5.32 Å². The maximum absolute atomic E-state index is 13.1. The van der Waals surface area contributed by atoms with Crippen LogP contribution in [0.5, 0.6) is 0 Å². The van der Waals surface area contributed by atoms with Gasteiger partial charge in [-0.1, -0.05) is 12.1 Å². The van der Waals surface area contributed by atoms with Crippen molar-refractivity contribution in [1.29, 1.82) is 0 Å². The van der Waals surface area contributed by atoms with Gasteiger partial charge in [0.05, 0.1) is 0 Å². The first kappa shape index (κ1) is 15.9. The average Bonchev–Trinajstić information content (AvgIpc) is 3.10. The molecular weight excluding hydrogens is 307 g/mol. The Hall–Kier alpha value is -3.02. The molecule has 5 nitrogen and oxygen atoms in total. The van der Waals surface area contributed by atoms with Crippen molar-refractivity contribution in [3.8, 4) is 5.82 Å². The first-order chi connectivity index (χ1) is 11.7. The second-order valence-electron chi connectivity index (χ2n) is 5.35. The number of carbonyl (C=O) groups is 1. The van der Waals surface area contributed by atoms with E-state index in [0.29, 0.717) is 24.9 Å². The van der Waals surface area contributed by atoms with Gasteiger partial charge in [-0.25, -0.2) is 14.1 Å². The zero-order chi connectivity index (χ0) is 16.8. The van der Waals surface area contributed by atoms with Gasteiger partial charge in [-0.3, -0.25) is 4.79 Å². The molecule has 0 aliphatic carbocycles. The zero-order valence-electron chi connectivity index (χ0n) is 13.0. The molecule has 0 aliphatic heterocycles. The van der Waals surface area contributed by atoms with Crippen LogP contribution in [0.3, 0.4) is 0 Å². The fourth-order valence-electron chi connectivity index (χ4n) is 2.36. The van der Waals surface area contributed by atoms with Crippen LogP contribution in [0.1, 0.15) is 18.5 Å². The molecule has 0 saturated carbocycles. The van der Waals surface area contributed by atoms with Crippen LogP contribution in [-0.4, -0.2) is 20.7 Å². The first-order valence-corrected chi connectivity index (χ1v) is 7.72. The fourth-order valence-corrected chi connectivity index (χ4v) is 2.36. The molecule has 0 radical (unpaired) electrons.